The van der Waals surface area contributed by atoms with Gasteiger partial charge in [0.25, 0.3) is 5.91 Å². The number of hydrogen-bond donors (Lipinski definition) is 1. The van der Waals surface area contributed by atoms with Crippen LogP contribution in [0.15, 0.2) is 60.7 Å². The van der Waals surface area contributed by atoms with Gasteiger partial charge >= 0.3 is 5.97 Å². The monoisotopic (exact) mass is 478 g/mol. The number of esters is 1. The SMILES string of the molecule is COC(=O)c1ccc([C@H](C)NC(=O)c2cc(F)cc3c2N(Cc2ccc(F)cc2)CC32CC2)cc1.[HH]. The van der Waals surface area contributed by atoms with Gasteiger partial charge in [-0.25, -0.2) is 13.6 Å². The van der Waals surface area contributed by atoms with E-state index in [0.29, 0.717) is 24.2 Å². The lowest BCUT2D eigenvalue weighted by Gasteiger charge is -2.23. The van der Waals surface area contributed by atoms with Crippen LogP contribution < -0.4 is 10.2 Å². The van der Waals surface area contributed by atoms with E-state index in [0.717, 1.165) is 35.2 Å². The van der Waals surface area contributed by atoms with Crippen LogP contribution in [0.1, 0.15) is 64.6 Å². The molecule has 182 valence electrons. The molecule has 2 aliphatic rings. The number of anilines is 1. The van der Waals surface area contributed by atoms with Gasteiger partial charge in [-0.05, 0) is 72.9 Å². The van der Waals surface area contributed by atoms with Crippen LogP contribution in [-0.2, 0) is 16.7 Å². The van der Waals surface area contributed by atoms with E-state index in [1.54, 1.807) is 42.5 Å². The Labute approximate surface area is 204 Å². The molecule has 7 heteroatoms. The molecule has 1 heterocycles. The van der Waals surface area contributed by atoms with Crippen LogP contribution in [0.2, 0.25) is 0 Å². The van der Waals surface area contributed by atoms with Crippen molar-refractivity contribution in [2.24, 2.45) is 0 Å². The third kappa shape index (κ3) is 4.38. The van der Waals surface area contributed by atoms with E-state index >= 15 is 0 Å². The molecule has 0 aromatic heterocycles. The molecule has 35 heavy (non-hydrogen) atoms. The maximum absolute atomic E-state index is 14.7. The molecule has 1 fully saturated rings. The number of carbonyl (C=O) groups is 2. The van der Waals surface area contributed by atoms with Gasteiger partial charge in [0, 0.05) is 19.9 Å². The first-order chi connectivity index (χ1) is 16.8. The third-order valence-corrected chi connectivity index (χ3v) is 7.02. The molecule has 0 radical (unpaired) electrons. The second-order valence-electron chi connectivity index (χ2n) is 9.42. The van der Waals surface area contributed by atoms with Crippen molar-refractivity contribution in [1.82, 2.24) is 5.32 Å². The zero-order chi connectivity index (χ0) is 24.7. The summed E-state index contributed by atoms with van der Waals surface area (Å²) >= 11 is 0. The number of benzene rings is 3. The summed E-state index contributed by atoms with van der Waals surface area (Å²) in [5.74, 6) is -1.53. The van der Waals surface area contributed by atoms with E-state index in [1.807, 2.05) is 6.92 Å². The van der Waals surface area contributed by atoms with Gasteiger partial charge in [0.1, 0.15) is 11.6 Å². The number of ether oxygens (including phenoxy) is 1. The fourth-order valence-electron chi connectivity index (χ4n) is 4.95. The van der Waals surface area contributed by atoms with Crippen LogP contribution in [-0.4, -0.2) is 25.5 Å². The van der Waals surface area contributed by atoms with E-state index < -0.39 is 11.8 Å². The molecule has 5 nitrogen and oxygen atoms in total. The van der Waals surface area contributed by atoms with Crippen molar-refractivity contribution in [3.8, 4) is 0 Å². The standard InChI is InChI=1S/C28H26F2N2O3.H2/c1-17(19-5-7-20(8-6-19)27(34)35-2)31-26(33)23-13-22(30)14-24-25(23)32(16-28(24)11-12-28)15-18-3-9-21(29)10-4-18;/h3-10,13-14,17H,11-12,15-16H2,1-2H3,(H,31,33);1H/t17-;/m0./s1. The van der Waals surface area contributed by atoms with Crippen LogP contribution in [0.5, 0.6) is 0 Å². The van der Waals surface area contributed by atoms with Gasteiger partial charge in [-0.15, -0.1) is 0 Å². The number of nitrogens with one attached hydrogen (secondary N) is 1. The lowest BCUT2D eigenvalue weighted by molar-refractivity contribution is 0.0600. The Morgan fingerprint density at radius 2 is 1.74 bits per heavy atom. The minimum Gasteiger partial charge on any atom is -0.465 e. The lowest BCUT2D eigenvalue weighted by atomic mass is 9.95. The molecule has 3 aromatic carbocycles. The summed E-state index contributed by atoms with van der Waals surface area (Å²) in [6.45, 7) is 3.04. The van der Waals surface area contributed by atoms with E-state index in [9.17, 15) is 18.4 Å². The molecule has 1 aliphatic carbocycles. The number of amides is 1. The quantitative estimate of drug-likeness (QED) is 0.473. The third-order valence-electron chi connectivity index (χ3n) is 7.02. The Balaban J connectivity index is 0.00000304. The van der Waals surface area contributed by atoms with Gasteiger partial charge in [-0.3, -0.25) is 4.79 Å². The zero-order valence-corrected chi connectivity index (χ0v) is 19.6. The van der Waals surface area contributed by atoms with Crippen molar-refractivity contribution in [2.75, 3.05) is 18.6 Å². The summed E-state index contributed by atoms with van der Waals surface area (Å²) in [4.78, 5) is 27.2. The highest BCUT2D eigenvalue weighted by molar-refractivity contribution is 6.02. The summed E-state index contributed by atoms with van der Waals surface area (Å²) in [7, 11) is 1.32. The molecule has 1 spiro atoms. The molecule has 0 unspecified atom stereocenters. The zero-order valence-electron chi connectivity index (χ0n) is 19.6. The van der Waals surface area contributed by atoms with Gasteiger partial charge in [-0.2, -0.15) is 0 Å². The van der Waals surface area contributed by atoms with Crippen LogP contribution >= 0.6 is 0 Å². The molecule has 3 aromatic rings. The van der Waals surface area contributed by atoms with Crippen LogP contribution in [0.25, 0.3) is 0 Å². The van der Waals surface area contributed by atoms with E-state index in [-0.39, 0.29) is 24.6 Å². The first-order valence-electron chi connectivity index (χ1n) is 11.6. The maximum Gasteiger partial charge on any atom is 0.337 e. The number of fused-ring (bicyclic) bond motifs is 2. The summed E-state index contributed by atoms with van der Waals surface area (Å²) in [5.41, 5.74) is 3.94. The van der Waals surface area contributed by atoms with Gasteiger partial charge in [0.2, 0.25) is 0 Å². The summed E-state index contributed by atoms with van der Waals surface area (Å²) in [6.07, 6.45) is 1.90. The number of nitrogens with zero attached hydrogens (tertiary/aromatic N) is 1. The first kappa shape index (κ1) is 23.0. The van der Waals surface area contributed by atoms with Crippen LogP contribution in [0.4, 0.5) is 14.5 Å². The summed E-state index contributed by atoms with van der Waals surface area (Å²) in [6, 6.07) is 15.6. The first-order valence-corrected chi connectivity index (χ1v) is 11.6. The topological polar surface area (TPSA) is 58.6 Å². The average Bonchev–Trinajstić information content (AvgIpc) is 3.58. The molecular weight excluding hydrogens is 450 g/mol. The highest BCUT2D eigenvalue weighted by Gasteiger charge is 2.53. The van der Waals surface area contributed by atoms with Gasteiger partial charge in [0.15, 0.2) is 0 Å². The van der Waals surface area contributed by atoms with E-state index in [1.165, 1.54) is 25.3 Å². The number of halogens is 2. The minimum absolute atomic E-state index is 0. The predicted octanol–water partition coefficient (Wildman–Crippen LogP) is 5.54. The highest BCUT2D eigenvalue weighted by Crippen LogP contribution is 2.57. The molecule has 1 saturated carbocycles. The van der Waals surface area contributed by atoms with E-state index in [4.69, 9.17) is 4.74 Å². The average molecular weight is 479 g/mol. The van der Waals surface area contributed by atoms with Crippen molar-refractivity contribution in [2.45, 2.75) is 37.8 Å². The molecule has 0 saturated heterocycles. The molecule has 1 N–H and O–H groups in total. The molecule has 1 atom stereocenters. The summed E-state index contributed by atoms with van der Waals surface area (Å²) < 4.78 is 32.8. The molecule has 5 rings (SSSR count). The summed E-state index contributed by atoms with van der Waals surface area (Å²) in [5, 5.41) is 2.97. The fraction of sp³-hybridized carbons (Fsp3) is 0.286. The number of methoxy groups -OCH3 is 1. The maximum atomic E-state index is 14.7. The largest absolute Gasteiger partial charge is 0.465 e. The Morgan fingerprint density at radius 1 is 1.06 bits per heavy atom. The van der Waals surface area contributed by atoms with Gasteiger partial charge in [0.05, 0.1) is 30.0 Å². The van der Waals surface area contributed by atoms with Crippen molar-refractivity contribution < 1.29 is 24.5 Å². The predicted molar refractivity (Wildman–Crippen MR) is 131 cm³/mol. The van der Waals surface area contributed by atoms with Gasteiger partial charge in [-0.1, -0.05) is 24.3 Å². The molecule has 1 amide bonds. The van der Waals surface area contributed by atoms with Crippen LogP contribution in [0, 0.1) is 11.6 Å². The van der Waals surface area contributed by atoms with Crippen LogP contribution in [0.3, 0.4) is 0 Å². The molecule has 1 aliphatic heterocycles. The minimum atomic E-state index is -0.432. The second kappa shape index (κ2) is 8.80. The van der Waals surface area contributed by atoms with E-state index in [2.05, 4.69) is 10.2 Å². The number of hydrogen-bond acceptors (Lipinski definition) is 4. The fourth-order valence-corrected chi connectivity index (χ4v) is 4.95. The smallest absolute Gasteiger partial charge is 0.337 e. The Hall–Kier alpha value is -3.74. The Morgan fingerprint density at radius 3 is 2.37 bits per heavy atom. The lowest BCUT2D eigenvalue weighted by Crippen LogP contribution is -2.30. The Bertz CT molecular complexity index is 1290. The van der Waals surface area contributed by atoms with Crippen molar-refractivity contribution in [1.29, 1.82) is 0 Å². The van der Waals surface area contributed by atoms with Gasteiger partial charge < -0.3 is 15.0 Å². The number of rotatable bonds is 6. The van der Waals surface area contributed by atoms with Crippen molar-refractivity contribution in [3.63, 3.8) is 0 Å². The second-order valence-corrected chi connectivity index (χ2v) is 9.42. The molecular formula is C28H28F2N2O3. The number of carbonyl (C=O) groups excluding carboxylic acids is 2. The van der Waals surface area contributed by atoms with Crippen molar-refractivity contribution >= 4 is 17.6 Å². The Kier molecular flexibility index (Phi) is 5.79. The molecule has 0 bridgehead atoms. The van der Waals surface area contributed by atoms with Crippen molar-refractivity contribution in [3.05, 3.63) is 100 Å². The highest BCUT2D eigenvalue weighted by atomic mass is 19.1. The normalized spacial score (nSPS) is 16.1.